The van der Waals surface area contributed by atoms with Crippen LogP contribution in [-0.2, 0) is 27.2 Å². The van der Waals surface area contributed by atoms with E-state index in [2.05, 4.69) is 0 Å². The van der Waals surface area contributed by atoms with E-state index < -0.39 is 11.6 Å². The van der Waals surface area contributed by atoms with Crippen molar-refractivity contribution in [1.82, 2.24) is 0 Å². The van der Waals surface area contributed by atoms with Crippen molar-refractivity contribution in [3.8, 4) is 0 Å². The van der Waals surface area contributed by atoms with Gasteiger partial charge in [-0.05, 0) is 0 Å². The fourth-order valence-electron chi connectivity index (χ4n) is 1.30. The predicted molar refractivity (Wildman–Crippen MR) is 46.4 cm³/mol. The molecule has 0 saturated heterocycles. The molecule has 0 aliphatic heterocycles. The molecule has 0 heterocycles. The molecule has 1 radical (unpaired) electrons. The minimum absolute atomic E-state index is 0. The first kappa shape index (κ1) is 10.9. The van der Waals surface area contributed by atoms with Crippen LogP contribution >= 0.6 is 0 Å². The normalized spacial score (nSPS) is 14.1. The Morgan fingerprint density at radius 1 is 1.00 bits per heavy atom. The van der Waals surface area contributed by atoms with E-state index in [1.165, 1.54) is 6.07 Å². The number of fused-ring (bicyclic) bond motifs is 1. The number of allylic oxidation sites excluding steroid dienone is 1. The Kier molecular flexibility index (Phi) is 3.06. The van der Waals surface area contributed by atoms with E-state index in [0.29, 0.717) is 5.56 Å². The van der Waals surface area contributed by atoms with Crippen molar-refractivity contribution in [1.29, 1.82) is 0 Å². The molecule has 3 nitrogen and oxygen atoms in total. The average Bonchev–Trinajstić information content (AvgIpc) is 2.15. The van der Waals surface area contributed by atoms with E-state index in [1.54, 1.807) is 18.2 Å². The quantitative estimate of drug-likeness (QED) is 0.577. The smallest absolute Gasteiger partial charge is 0.233 e. The van der Waals surface area contributed by atoms with Crippen LogP contribution < -0.4 is 0 Å². The van der Waals surface area contributed by atoms with Gasteiger partial charge in [-0.25, -0.2) is 0 Å². The zero-order valence-electron chi connectivity index (χ0n) is 6.95. The van der Waals surface area contributed by atoms with Crippen LogP contribution in [0, 0.1) is 0 Å². The van der Waals surface area contributed by atoms with Gasteiger partial charge in [-0.2, -0.15) is 0 Å². The van der Waals surface area contributed by atoms with Gasteiger partial charge >= 0.3 is 0 Å². The third-order valence-corrected chi connectivity index (χ3v) is 1.94. The second-order valence-electron chi connectivity index (χ2n) is 2.77. The van der Waals surface area contributed by atoms with E-state index in [9.17, 15) is 14.7 Å². The van der Waals surface area contributed by atoms with Crippen LogP contribution in [0.1, 0.15) is 15.9 Å². The van der Waals surface area contributed by atoms with Gasteiger partial charge in [0.15, 0.2) is 0 Å². The summed E-state index contributed by atoms with van der Waals surface area (Å²) in [6.07, 6.45) is 0.949. The number of hydrogen-bond acceptors (Lipinski definition) is 3. The largest absolute Gasteiger partial charge is 0.507 e. The van der Waals surface area contributed by atoms with Crippen molar-refractivity contribution in [3.05, 3.63) is 41.5 Å². The molecule has 0 bridgehead atoms. The maximum Gasteiger partial charge on any atom is 0.233 e. The van der Waals surface area contributed by atoms with Gasteiger partial charge < -0.3 is 5.11 Å². The van der Waals surface area contributed by atoms with Crippen LogP contribution in [0.2, 0.25) is 0 Å². The molecule has 0 unspecified atom stereocenters. The predicted octanol–water partition coefficient (Wildman–Crippen LogP) is 1.35. The Morgan fingerprint density at radius 3 is 2.21 bits per heavy atom. The van der Waals surface area contributed by atoms with E-state index in [1.807, 2.05) is 0 Å². The number of rotatable bonds is 0. The maximum atomic E-state index is 11.3. The Labute approximate surface area is 95.9 Å². The molecule has 75 valence electrons. The molecule has 0 saturated carbocycles. The van der Waals surface area contributed by atoms with Gasteiger partial charge in [-0.1, -0.05) is 24.3 Å². The van der Waals surface area contributed by atoms with Crippen LogP contribution in [-0.4, -0.2) is 16.7 Å². The number of ketones is 2. The van der Waals surface area contributed by atoms with Gasteiger partial charge in [-0.15, -0.1) is 0 Å². The summed E-state index contributed by atoms with van der Waals surface area (Å²) in [7, 11) is 0. The number of aliphatic hydroxyl groups excluding tert-OH is 1. The summed E-state index contributed by atoms with van der Waals surface area (Å²) in [5.74, 6) is -1.37. The summed E-state index contributed by atoms with van der Waals surface area (Å²) in [6, 6.07) is 6.48. The molecule has 0 aromatic heterocycles. The van der Waals surface area contributed by atoms with Crippen molar-refractivity contribution in [2.45, 2.75) is 0 Å². The number of carbonyl (C=O) groups excluding carboxylic acids is 2. The summed E-state index contributed by atoms with van der Waals surface area (Å²) >= 11 is 0. The van der Waals surface area contributed by atoms with E-state index >= 15 is 0 Å². The Hall–Kier alpha value is -1.16. The number of benzene rings is 1. The molecule has 1 aromatic carbocycles. The van der Waals surface area contributed by atoms with Crippen molar-refractivity contribution in [2.75, 3.05) is 0 Å². The van der Waals surface area contributed by atoms with E-state index in [0.717, 1.165) is 6.08 Å². The number of aliphatic hydroxyl groups is 1. The van der Waals surface area contributed by atoms with Crippen molar-refractivity contribution in [3.63, 3.8) is 0 Å². The van der Waals surface area contributed by atoms with Gasteiger partial charge in [-0.3, -0.25) is 9.59 Å². The third kappa shape index (κ3) is 1.57. The van der Waals surface area contributed by atoms with Gasteiger partial charge in [0.05, 0.1) is 0 Å². The van der Waals surface area contributed by atoms with Crippen LogP contribution in [0.4, 0.5) is 0 Å². The zero-order valence-corrected chi connectivity index (χ0v) is 8.43. The number of carbonyl (C=O) groups is 2. The standard InChI is InChI=1S/C10H6O3.Ag/c11-8-5-9(12)10(13)7-4-2-1-3-6(7)8;/h1-5,11H;. The summed E-state index contributed by atoms with van der Waals surface area (Å²) in [6.45, 7) is 0. The van der Waals surface area contributed by atoms with Crippen molar-refractivity contribution in [2.24, 2.45) is 0 Å². The molecule has 4 heteroatoms. The number of Topliss-reactive ketones (excluding diaryl/α,β-unsaturated/α-hetero) is 1. The van der Waals surface area contributed by atoms with Crippen molar-refractivity contribution >= 4 is 17.3 Å². The molecule has 1 aliphatic carbocycles. The van der Waals surface area contributed by atoms with Gasteiger partial charge in [0.1, 0.15) is 5.76 Å². The molecule has 0 atom stereocenters. The first-order valence-electron chi connectivity index (χ1n) is 3.79. The van der Waals surface area contributed by atoms with Crippen LogP contribution in [0.15, 0.2) is 30.3 Å². The molecule has 1 aliphatic rings. The first-order valence-corrected chi connectivity index (χ1v) is 3.79. The summed E-state index contributed by atoms with van der Waals surface area (Å²) in [5.41, 5.74) is 0.694. The summed E-state index contributed by atoms with van der Waals surface area (Å²) < 4.78 is 0. The Bertz CT molecular complexity index is 435. The average molecular weight is 282 g/mol. The molecular formula is C10H6AgO3. The van der Waals surface area contributed by atoms with Gasteiger partial charge in [0.2, 0.25) is 11.6 Å². The minimum atomic E-state index is -0.670. The van der Waals surface area contributed by atoms with Crippen LogP contribution in [0.25, 0.3) is 5.76 Å². The number of hydrogen-bond donors (Lipinski definition) is 1. The topological polar surface area (TPSA) is 54.4 Å². The second-order valence-corrected chi connectivity index (χ2v) is 2.77. The molecule has 1 N–H and O–H groups in total. The van der Waals surface area contributed by atoms with Crippen LogP contribution in [0.5, 0.6) is 0 Å². The Balaban J connectivity index is 0.000000980. The zero-order chi connectivity index (χ0) is 9.42. The Morgan fingerprint density at radius 2 is 1.57 bits per heavy atom. The summed E-state index contributed by atoms with van der Waals surface area (Å²) in [5, 5.41) is 9.34. The third-order valence-electron chi connectivity index (χ3n) is 1.94. The second kappa shape index (κ2) is 3.92. The van der Waals surface area contributed by atoms with Crippen molar-refractivity contribution < 1.29 is 37.1 Å². The van der Waals surface area contributed by atoms with Crippen LogP contribution in [0.3, 0.4) is 0 Å². The fraction of sp³-hybridized carbons (Fsp3) is 0. The monoisotopic (exact) mass is 281 g/mol. The molecule has 0 amide bonds. The molecule has 2 rings (SSSR count). The molecular weight excluding hydrogens is 276 g/mol. The molecule has 1 aromatic rings. The van der Waals surface area contributed by atoms with E-state index in [-0.39, 0.29) is 33.7 Å². The summed E-state index contributed by atoms with van der Waals surface area (Å²) in [4.78, 5) is 22.2. The molecule has 14 heavy (non-hydrogen) atoms. The maximum absolute atomic E-state index is 11.3. The SMILES string of the molecule is O=C1C=C(O)c2ccccc2C1=O.[Ag]. The van der Waals surface area contributed by atoms with Gasteiger partial charge in [0.25, 0.3) is 0 Å². The minimum Gasteiger partial charge on any atom is -0.507 e. The molecule has 0 spiro atoms. The van der Waals surface area contributed by atoms with E-state index in [4.69, 9.17) is 0 Å². The van der Waals surface area contributed by atoms with Gasteiger partial charge in [0, 0.05) is 39.6 Å². The first-order chi connectivity index (χ1) is 6.20. The molecule has 0 fully saturated rings. The fourth-order valence-corrected chi connectivity index (χ4v) is 1.30.